The Morgan fingerprint density at radius 2 is 1.78 bits per heavy atom. The molecule has 5 nitrogen and oxygen atoms in total. The van der Waals surface area contributed by atoms with Gasteiger partial charge in [0, 0.05) is 12.5 Å². The highest BCUT2D eigenvalue weighted by molar-refractivity contribution is 7.92. The predicted molar refractivity (Wildman–Crippen MR) is 91.9 cm³/mol. The summed E-state index contributed by atoms with van der Waals surface area (Å²) in [6.45, 7) is 0.145. The molecule has 0 aliphatic rings. The molecule has 0 atom stereocenters. The summed E-state index contributed by atoms with van der Waals surface area (Å²) in [5, 5.41) is 1.17. The van der Waals surface area contributed by atoms with Gasteiger partial charge in [-0.05, 0) is 23.8 Å². The monoisotopic (exact) mass is 327 g/mol. The van der Waals surface area contributed by atoms with Crippen molar-refractivity contribution in [1.29, 1.82) is 0 Å². The third-order valence-electron chi connectivity index (χ3n) is 3.55. The summed E-state index contributed by atoms with van der Waals surface area (Å²) in [4.78, 5) is 4.45. The first-order valence-electron chi connectivity index (χ1n) is 7.18. The number of nitrogens with one attached hydrogen (secondary N) is 1. The van der Waals surface area contributed by atoms with Crippen LogP contribution < -0.4 is 4.72 Å². The third-order valence-corrected chi connectivity index (χ3v) is 4.59. The van der Waals surface area contributed by atoms with E-state index in [1.54, 1.807) is 6.08 Å². The van der Waals surface area contributed by atoms with Gasteiger partial charge in [0.15, 0.2) is 0 Å². The van der Waals surface area contributed by atoms with E-state index < -0.39 is 10.0 Å². The Bertz CT molecular complexity index is 944. The van der Waals surface area contributed by atoms with Crippen LogP contribution in [0.5, 0.6) is 0 Å². The number of aryl methyl sites for hydroxylation is 1. The lowest BCUT2D eigenvalue weighted by Gasteiger charge is -2.03. The minimum Gasteiger partial charge on any atom is -0.330 e. The lowest BCUT2D eigenvalue weighted by atomic mass is 10.2. The molecule has 6 heteroatoms. The number of aromatic nitrogens is 2. The van der Waals surface area contributed by atoms with E-state index >= 15 is 0 Å². The number of fused-ring (bicyclic) bond motifs is 1. The summed E-state index contributed by atoms with van der Waals surface area (Å²) >= 11 is 0. The second-order valence-corrected chi connectivity index (χ2v) is 6.81. The van der Waals surface area contributed by atoms with Gasteiger partial charge in [-0.25, -0.2) is 18.1 Å². The van der Waals surface area contributed by atoms with Gasteiger partial charge in [-0.2, -0.15) is 0 Å². The fraction of sp³-hybridized carbons (Fsp3) is 0.118. The third kappa shape index (κ3) is 3.67. The molecule has 0 unspecified atom stereocenters. The topological polar surface area (TPSA) is 64.0 Å². The van der Waals surface area contributed by atoms with E-state index in [0.29, 0.717) is 5.82 Å². The average Bonchev–Trinajstić information content (AvgIpc) is 2.89. The summed E-state index contributed by atoms with van der Waals surface area (Å²) in [6.07, 6.45) is 1.57. The maximum atomic E-state index is 12.1. The number of imidazole rings is 1. The zero-order chi connectivity index (χ0) is 16.3. The quantitative estimate of drug-likeness (QED) is 0.783. The molecular formula is C17H17N3O2S. The van der Waals surface area contributed by atoms with Crippen LogP contribution in [-0.2, 0) is 23.6 Å². The molecule has 2 aromatic carbocycles. The number of nitrogens with zero attached hydrogens (tertiary/aromatic N) is 2. The van der Waals surface area contributed by atoms with Gasteiger partial charge in [-0.15, -0.1) is 0 Å². The summed E-state index contributed by atoms with van der Waals surface area (Å²) in [5.41, 5.74) is 2.66. The van der Waals surface area contributed by atoms with E-state index in [1.807, 2.05) is 66.2 Å². The second-order valence-electron chi connectivity index (χ2n) is 5.16. The number of hydrogen-bond donors (Lipinski definition) is 1. The highest BCUT2D eigenvalue weighted by Crippen LogP contribution is 2.14. The number of hydrogen-bond acceptors (Lipinski definition) is 3. The molecule has 3 rings (SSSR count). The van der Waals surface area contributed by atoms with Crippen LogP contribution in [-0.4, -0.2) is 18.0 Å². The molecule has 0 bridgehead atoms. The molecule has 0 radical (unpaired) electrons. The Hall–Kier alpha value is -2.44. The maximum absolute atomic E-state index is 12.1. The van der Waals surface area contributed by atoms with Crippen LogP contribution in [0.1, 0.15) is 11.4 Å². The zero-order valence-electron chi connectivity index (χ0n) is 12.7. The minimum atomic E-state index is -3.52. The van der Waals surface area contributed by atoms with Crippen molar-refractivity contribution in [3.63, 3.8) is 0 Å². The largest absolute Gasteiger partial charge is 0.330 e. The second kappa shape index (κ2) is 6.36. The van der Waals surface area contributed by atoms with E-state index in [4.69, 9.17) is 0 Å². The normalized spacial score (nSPS) is 12.2. The molecule has 0 saturated carbocycles. The van der Waals surface area contributed by atoms with Crippen molar-refractivity contribution in [2.24, 2.45) is 7.05 Å². The molecular weight excluding hydrogens is 310 g/mol. The fourth-order valence-electron chi connectivity index (χ4n) is 2.30. The molecule has 1 heterocycles. The molecule has 0 saturated heterocycles. The van der Waals surface area contributed by atoms with Crippen molar-refractivity contribution in [2.75, 3.05) is 0 Å². The molecule has 0 aliphatic carbocycles. The number of para-hydroxylation sites is 2. The molecule has 1 aromatic heterocycles. The summed E-state index contributed by atoms with van der Waals surface area (Å²) in [7, 11) is -1.64. The Balaban J connectivity index is 1.73. The Labute approximate surface area is 135 Å². The van der Waals surface area contributed by atoms with Crippen LogP contribution in [0.25, 0.3) is 17.1 Å². The number of rotatable bonds is 5. The molecule has 23 heavy (non-hydrogen) atoms. The van der Waals surface area contributed by atoms with Gasteiger partial charge in [0.25, 0.3) is 0 Å². The lowest BCUT2D eigenvalue weighted by Crippen LogP contribution is -2.22. The van der Waals surface area contributed by atoms with Crippen LogP contribution in [0.4, 0.5) is 0 Å². The predicted octanol–water partition coefficient (Wildman–Crippen LogP) is 2.66. The number of sulfonamides is 1. The fourth-order valence-corrected chi connectivity index (χ4v) is 3.06. The van der Waals surface area contributed by atoms with E-state index in [0.717, 1.165) is 16.6 Å². The average molecular weight is 327 g/mol. The van der Waals surface area contributed by atoms with Crippen LogP contribution in [0.15, 0.2) is 60.0 Å². The van der Waals surface area contributed by atoms with Gasteiger partial charge in [-0.3, -0.25) is 0 Å². The first-order valence-corrected chi connectivity index (χ1v) is 8.73. The van der Waals surface area contributed by atoms with E-state index in [2.05, 4.69) is 9.71 Å². The standard InChI is InChI=1S/C17H17N3O2S/c1-20-16-10-6-5-9-15(16)19-17(20)13-18-23(21,22)12-11-14-7-3-2-4-8-14/h2-12,18H,13H2,1H3/b12-11+. The molecule has 0 amide bonds. The smallest absolute Gasteiger partial charge is 0.234 e. The van der Waals surface area contributed by atoms with Gasteiger partial charge < -0.3 is 4.57 Å². The highest BCUT2D eigenvalue weighted by Gasteiger charge is 2.10. The zero-order valence-corrected chi connectivity index (χ0v) is 13.5. The lowest BCUT2D eigenvalue weighted by molar-refractivity contribution is 0.587. The SMILES string of the molecule is Cn1c(CNS(=O)(=O)/C=C/c2ccccc2)nc2ccccc21. The van der Waals surface area contributed by atoms with Gasteiger partial charge >= 0.3 is 0 Å². The highest BCUT2D eigenvalue weighted by atomic mass is 32.2. The Morgan fingerprint density at radius 3 is 2.52 bits per heavy atom. The van der Waals surface area contributed by atoms with Gasteiger partial charge in [0.05, 0.1) is 17.6 Å². The molecule has 0 fully saturated rings. The van der Waals surface area contributed by atoms with Gasteiger partial charge in [0.1, 0.15) is 5.82 Å². The van der Waals surface area contributed by atoms with E-state index in [-0.39, 0.29) is 6.54 Å². The van der Waals surface area contributed by atoms with Crippen LogP contribution in [0.2, 0.25) is 0 Å². The van der Waals surface area contributed by atoms with Crippen molar-refractivity contribution in [3.8, 4) is 0 Å². The van der Waals surface area contributed by atoms with Crippen LogP contribution in [0, 0.1) is 0 Å². The summed E-state index contributed by atoms with van der Waals surface area (Å²) in [5.74, 6) is 0.669. The first-order chi connectivity index (χ1) is 11.1. The molecule has 1 N–H and O–H groups in total. The maximum Gasteiger partial charge on any atom is 0.234 e. The molecule has 0 spiro atoms. The van der Waals surface area contributed by atoms with Gasteiger partial charge in [0.2, 0.25) is 10.0 Å². The Kier molecular flexibility index (Phi) is 4.27. The molecule has 0 aliphatic heterocycles. The van der Waals surface area contributed by atoms with Crippen molar-refractivity contribution < 1.29 is 8.42 Å². The van der Waals surface area contributed by atoms with Crippen LogP contribution >= 0.6 is 0 Å². The molecule has 3 aromatic rings. The van der Waals surface area contributed by atoms with Crippen LogP contribution in [0.3, 0.4) is 0 Å². The molecule has 118 valence electrons. The van der Waals surface area contributed by atoms with E-state index in [1.165, 1.54) is 5.41 Å². The van der Waals surface area contributed by atoms with Gasteiger partial charge in [-0.1, -0.05) is 42.5 Å². The van der Waals surface area contributed by atoms with Crippen molar-refractivity contribution in [3.05, 3.63) is 71.4 Å². The summed E-state index contributed by atoms with van der Waals surface area (Å²) < 4.78 is 28.6. The van der Waals surface area contributed by atoms with Crippen molar-refractivity contribution >= 4 is 27.1 Å². The van der Waals surface area contributed by atoms with Crippen molar-refractivity contribution in [2.45, 2.75) is 6.54 Å². The Morgan fingerprint density at radius 1 is 1.09 bits per heavy atom. The van der Waals surface area contributed by atoms with E-state index in [9.17, 15) is 8.42 Å². The first kappa shape index (κ1) is 15.5. The minimum absolute atomic E-state index is 0.145. The van der Waals surface area contributed by atoms with Crippen molar-refractivity contribution in [1.82, 2.24) is 14.3 Å². The number of benzene rings is 2. The summed E-state index contributed by atoms with van der Waals surface area (Å²) in [6, 6.07) is 17.0.